The lowest BCUT2D eigenvalue weighted by molar-refractivity contribution is -0.141. The third-order valence-corrected chi connectivity index (χ3v) is 3.32. The van der Waals surface area contributed by atoms with Crippen LogP contribution in [0.3, 0.4) is 0 Å². The Hall–Kier alpha value is -2.04. The highest BCUT2D eigenvalue weighted by Crippen LogP contribution is 2.24. The predicted octanol–water partition coefficient (Wildman–Crippen LogP) is 1.88. The standard InChI is InChI=1S/C14H18N2O3/c1-9-4-10(2)6-12(5-9)16-8-11(13(17)18)7-15(3)14(16)19/h4-6,11H,7-8H2,1-3H3,(H,17,18). The van der Waals surface area contributed by atoms with Gasteiger partial charge in [0.25, 0.3) is 0 Å². The van der Waals surface area contributed by atoms with Crippen LogP contribution in [0.1, 0.15) is 11.1 Å². The summed E-state index contributed by atoms with van der Waals surface area (Å²) in [5.74, 6) is -1.42. The molecule has 0 aromatic heterocycles. The van der Waals surface area contributed by atoms with Crippen LogP contribution < -0.4 is 4.90 Å². The van der Waals surface area contributed by atoms with Crippen molar-refractivity contribution >= 4 is 17.7 Å². The predicted molar refractivity (Wildman–Crippen MR) is 72.4 cm³/mol. The van der Waals surface area contributed by atoms with Crippen molar-refractivity contribution in [1.29, 1.82) is 0 Å². The minimum atomic E-state index is -0.867. The van der Waals surface area contributed by atoms with Crippen molar-refractivity contribution in [2.45, 2.75) is 13.8 Å². The fourth-order valence-electron chi connectivity index (χ4n) is 2.45. The molecule has 2 amide bonds. The van der Waals surface area contributed by atoms with Gasteiger partial charge in [0.05, 0.1) is 5.92 Å². The largest absolute Gasteiger partial charge is 0.481 e. The van der Waals surface area contributed by atoms with Crippen molar-refractivity contribution in [3.05, 3.63) is 29.3 Å². The third kappa shape index (κ3) is 2.70. The fourth-order valence-corrected chi connectivity index (χ4v) is 2.45. The number of aryl methyl sites for hydroxylation is 2. The molecular formula is C14H18N2O3. The molecule has 1 N–H and O–H groups in total. The maximum atomic E-state index is 12.2. The highest BCUT2D eigenvalue weighted by Gasteiger charge is 2.34. The van der Waals surface area contributed by atoms with E-state index in [9.17, 15) is 9.59 Å². The van der Waals surface area contributed by atoms with E-state index in [4.69, 9.17) is 5.11 Å². The van der Waals surface area contributed by atoms with Gasteiger partial charge in [-0.2, -0.15) is 0 Å². The second kappa shape index (κ2) is 4.91. The molecule has 5 heteroatoms. The summed E-state index contributed by atoms with van der Waals surface area (Å²) in [5, 5.41) is 9.15. The van der Waals surface area contributed by atoms with Gasteiger partial charge in [-0.1, -0.05) is 6.07 Å². The molecule has 1 fully saturated rings. The van der Waals surface area contributed by atoms with E-state index in [1.54, 1.807) is 11.9 Å². The molecule has 1 saturated heterocycles. The molecule has 1 aliphatic rings. The van der Waals surface area contributed by atoms with Crippen LogP contribution in [0.25, 0.3) is 0 Å². The Labute approximate surface area is 112 Å². The van der Waals surface area contributed by atoms with Gasteiger partial charge in [0.1, 0.15) is 0 Å². The lowest BCUT2D eigenvalue weighted by Gasteiger charge is -2.36. The number of carboxylic acids is 1. The molecule has 0 bridgehead atoms. The van der Waals surface area contributed by atoms with E-state index < -0.39 is 11.9 Å². The number of carbonyl (C=O) groups excluding carboxylic acids is 1. The molecule has 102 valence electrons. The first kappa shape index (κ1) is 13.4. The minimum absolute atomic E-state index is 0.150. The van der Waals surface area contributed by atoms with Crippen LogP contribution in [0.15, 0.2) is 18.2 Å². The molecule has 1 aliphatic heterocycles. The summed E-state index contributed by atoms with van der Waals surface area (Å²) in [6, 6.07) is 5.69. The number of aliphatic carboxylic acids is 1. The van der Waals surface area contributed by atoms with E-state index in [1.807, 2.05) is 32.0 Å². The fraction of sp³-hybridized carbons (Fsp3) is 0.429. The molecule has 0 radical (unpaired) electrons. The zero-order chi connectivity index (χ0) is 14.2. The van der Waals surface area contributed by atoms with Gasteiger partial charge in [-0.3, -0.25) is 9.69 Å². The average Bonchev–Trinajstić information content (AvgIpc) is 2.30. The van der Waals surface area contributed by atoms with Crippen LogP contribution in [0.4, 0.5) is 10.5 Å². The second-order valence-electron chi connectivity index (χ2n) is 5.15. The zero-order valence-electron chi connectivity index (χ0n) is 11.4. The first-order valence-electron chi connectivity index (χ1n) is 6.22. The molecule has 1 unspecified atom stereocenters. The first-order valence-corrected chi connectivity index (χ1v) is 6.22. The van der Waals surface area contributed by atoms with Gasteiger partial charge in [0, 0.05) is 25.8 Å². The van der Waals surface area contributed by atoms with E-state index in [0.29, 0.717) is 0 Å². The number of carboxylic acid groups (broad SMARTS) is 1. The van der Waals surface area contributed by atoms with Crippen LogP contribution in [-0.2, 0) is 4.79 Å². The summed E-state index contributed by atoms with van der Waals surface area (Å²) in [6.07, 6.45) is 0. The number of nitrogens with zero attached hydrogens (tertiary/aromatic N) is 2. The maximum Gasteiger partial charge on any atom is 0.324 e. The summed E-state index contributed by atoms with van der Waals surface area (Å²) in [5.41, 5.74) is 2.88. The van der Waals surface area contributed by atoms with Crippen LogP contribution in [-0.4, -0.2) is 42.1 Å². The van der Waals surface area contributed by atoms with E-state index >= 15 is 0 Å². The lowest BCUT2D eigenvalue weighted by Crippen LogP contribution is -2.54. The molecule has 1 atom stereocenters. The van der Waals surface area contributed by atoms with Crippen molar-refractivity contribution in [2.75, 3.05) is 25.0 Å². The molecule has 0 aliphatic carbocycles. The molecule has 1 heterocycles. The van der Waals surface area contributed by atoms with Gasteiger partial charge in [0.15, 0.2) is 0 Å². The third-order valence-electron chi connectivity index (χ3n) is 3.32. The number of anilines is 1. The Bertz CT molecular complexity index is 507. The average molecular weight is 262 g/mol. The second-order valence-corrected chi connectivity index (χ2v) is 5.15. The lowest BCUT2D eigenvalue weighted by atomic mass is 10.0. The highest BCUT2D eigenvalue weighted by molar-refractivity contribution is 5.94. The molecule has 5 nitrogen and oxygen atoms in total. The number of hydrogen-bond acceptors (Lipinski definition) is 2. The van der Waals surface area contributed by atoms with Crippen molar-refractivity contribution in [2.24, 2.45) is 5.92 Å². The van der Waals surface area contributed by atoms with Crippen LogP contribution >= 0.6 is 0 Å². The van der Waals surface area contributed by atoms with Gasteiger partial charge in [0.2, 0.25) is 0 Å². The topological polar surface area (TPSA) is 60.9 Å². The number of hydrogen-bond donors (Lipinski definition) is 1. The Kier molecular flexibility index (Phi) is 3.46. The zero-order valence-corrected chi connectivity index (χ0v) is 11.4. The van der Waals surface area contributed by atoms with E-state index in [2.05, 4.69) is 0 Å². The maximum absolute atomic E-state index is 12.2. The molecule has 1 aromatic rings. The summed E-state index contributed by atoms with van der Waals surface area (Å²) >= 11 is 0. The molecule has 0 spiro atoms. The monoisotopic (exact) mass is 262 g/mol. The molecule has 0 saturated carbocycles. The Balaban J connectivity index is 2.35. The normalized spacial score (nSPS) is 19.7. The number of benzene rings is 1. The number of rotatable bonds is 2. The van der Waals surface area contributed by atoms with E-state index in [0.717, 1.165) is 16.8 Å². The van der Waals surface area contributed by atoms with Crippen molar-refractivity contribution in [3.8, 4) is 0 Å². The summed E-state index contributed by atoms with van der Waals surface area (Å²) in [7, 11) is 1.63. The van der Waals surface area contributed by atoms with Gasteiger partial charge in [-0.15, -0.1) is 0 Å². The summed E-state index contributed by atoms with van der Waals surface area (Å²) < 4.78 is 0. The number of amides is 2. The smallest absolute Gasteiger partial charge is 0.324 e. The SMILES string of the molecule is Cc1cc(C)cc(N2CC(C(=O)O)CN(C)C2=O)c1. The Morgan fingerprint density at radius 2 is 1.79 bits per heavy atom. The van der Waals surface area contributed by atoms with Gasteiger partial charge in [-0.05, 0) is 37.1 Å². The van der Waals surface area contributed by atoms with Crippen molar-refractivity contribution in [3.63, 3.8) is 0 Å². The minimum Gasteiger partial charge on any atom is -0.481 e. The molecular weight excluding hydrogens is 244 g/mol. The van der Waals surface area contributed by atoms with Crippen LogP contribution in [0, 0.1) is 19.8 Å². The van der Waals surface area contributed by atoms with Gasteiger partial charge in [-0.25, -0.2) is 4.79 Å². The van der Waals surface area contributed by atoms with Crippen molar-refractivity contribution < 1.29 is 14.7 Å². The first-order chi connectivity index (χ1) is 8.88. The van der Waals surface area contributed by atoms with Crippen LogP contribution in [0.2, 0.25) is 0 Å². The highest BCUT2D eigenvalue weighted by atomic mass is 16.4. The molecule has 1 aromatic carbocycles. The van der Waals surface area contributed by atoms with Gasteiger partial charge >= 0.3 is 12.0 Å². The summed E-state index contributed by atoms with van der Waals surface area (Å²) in [6.45, 7) is 4.41. The Morgan fingerprint density at radius 1 is 1.21 bits per heavy atom. The van der Waals surface area contributed by atoms with E-state index in [-0.39, 0.29) is 19.1 Å². The van der Waals surface area contributed by atoms with Crippen molar-refractivity contribution in [1.82, 2.24) is 4.90 Å². The molecule has 19 heavy (non-hydrogen) atoms. The number of urea groups is 1. The van der Waals surface area contributed by atoms with E-state index in [1.165, 1.54) is 4.90 Å². The van der Waals surface area contributed by atoms with Gasteiger partial charge < -0.3 is 10.0 Å². The Morgan fingerprint density at radius 3 is 2.32 bits per heavy atom. The number of carbonyl (C=O) groups is 2. The quantitative estimate of drug-likeness (QED) is 0.885. The van der Waals surface area contributed by atoms with Crippen LogP contribution in [0.5, 0.6) is 0 Å². The summed E-state index contributed by atoms with van der Waals surface area (Å²) in [4.78, 5) is 26.3. The molecule has 2 rings (SSSR count).